The molecule has 0 radical (unpaired) electrons. The van der Waals surface area contributed by atoms with E-state index >= 15 is 0 Å². The number of sulfonamides is 1. The van der Waals surface area contributed by atoms with Crippen molar-refractivity contribution in [2.75, 3.05) is 18.8 Å². The minimum absolute atomic E-state index is 0.0486. The first-order valence-corrected chi connectivity index (χ1v) is 7.69. The topological polar surface area (TPSA) is 63.4 Å². The molecule has 2 N–H and O–H groups in total. The van der Waals surface area contributed by atoms with E-state index in [0.717, 1.165) is 6.07 Å². The predicted molar refractivity (Wildman–Crippen MR) is 74.8 cm³/mol. The molecule has 0 aliphatic heterocycles. The molecule has 1 rings (SSSR count). The van der Waals surface area contributed by atoms with Gasteiger partial charge in [0.25, 0.3) is 0 Å². The molecule has 0 fully saturated rings. The summed E-state index contributed by atoms with van der Waals surface area (Å²) in [6.45, 7) is 7.82. The van der Waals surface area contributed by atoms with Crippen LogP contribution in [0.2, 0.25) is 0 Å². The van der Waals surface area contributed by atoms with Gasteiger partial charge in [0.05, 0.1) is 4.90 Å². The Labute approximate surface area is 114 Å². The molecule has 19 heavy (non-hydrogen) atoms. The molecule has 1 aromatic rings. The van der Waals surface area contributed by atoms with E-state index in [0.29, 0.717) is 13.1 Å². The maximum atomic E-state index is 13.6. The normalized spacial score (nSPS) is 12.4. The maximum absolute atomic E-state index is 13.6. The smallest absolute Gasteiger partial charge is 0.243 e. The van der Waals surface area contributed by atoms with Crippen LogP contribution in [-0.4, -0.2) is 25.8 Å². The van der Waals surface area contributed by atoms with Crippen molar-refractivity contribution in [3.05, 3.63) is 23.5 Å². The van der Waals surface area contributed by atoms with Crippen LogP contribution in [0, 0.1) is 18.7 Å². The van der Waals surface area contributed by atoms with Crippen LogP contribution in [0.5, 0.6) is 0 Å². The van der Waals surface area contributed by atoms with Crippen LogP contribution in [0.4, 0.5) is 10.1 Å². The van der Waals surface area contributed by atoms with Gasteiger partial charge in [-0.3, -0.25) is 0 Å². The number of benzene rings is 1. The van der Waals surface area contributed by atoms with Gasteiger partial charge in [0, 0.05) is 24.3 Å². The monoisotopic (exact) mass is 288 g/mol. The first kappa shape index (κ1) is 15.9. The van der Waals surface area contributed by atoms with Crippen LogP contribution < -0.4 is 5.73 Å². The van der Waals surface area contributed by atoms with Crippen molar-refractivity contribution >= 4 is 15.7 Å². The number of nitrogens with zero attached hydrogens (tertiary/aromatic N) is 1. The molecule has 6 heteroatoms. The third-order valence-electron chi connectivity index (χ3n) is 2.86. The highest BCUT2D eigenvalue weighted by molar-refractivity contribution is 7.89. The van der Waals surface area contributed by atoms with Gasteiger partial charge < -0.3 is 5.73 Å². The zero-order valence-electron chi connectivity index (χ0n) is 11.8. The lowest BCUT2D eigenvalue weighted by Crippen LogP contribution is -2.34. The van der Waals surface area contributed by atoms with Gasteiger partial charge in [-0.15, -0.1) is 0 Å². The second-order valence-electron chi connectivity index (χ2n) is 4.98. The van der Waals surface area contributed by atoms with Crippen molar-refractivity contribution in [1.29, 1.82) is 0 Å². The number of halogens is 1. The summed E-state index contributed by atoms with van der Waals surface area (Å²) in [4.78, 5) is -0.0486. The van der Waals surface area contributed by atoms with E-state index < -0.39 is 15.8 Å². The number of anilines is 1. The quantitative estimate of drug-likeness (QED) is 0.846. The molecule has 0 amide bonds. The average Bonchev–Trinajstić information content (AvgIpc) is 2.30. The zero-order valence-corrected chi connectivity index (χ0v) is 12.6. The lowest BCUT2D eigenvalue weighted by Gasteiger charge is -2.23. The van der Waals surface area contributed by atoms with E-state index in [1.807, 2.05) is 13.8 Å². The Hall–Kier alpha value is -1.14. The Kier molecular flexibility index (Phi) is 4.92. The highest BCUT2D eigenvalue weighted by Gasteiger charge is 2.26. The van der Waals surface area contributed by atoms with Gasteiger partial charge in [0.15, 0.2) is 0 Å². The molecule has 0 heterocycles. The lowest BCUT2D eigenvalue weighted by atomic mass is 10.2. The molecule has 0 bridgehead atoms. The second-order valence-corrected chi connectivity index (χ2v) is 6.88. The Balaban J connectivity index is 3.33. The maximum Gasteiger partial charge on any atom is 0.243 e. The summed E-state index contributed by atoms with van der Waals surface area (Å²) in [7, 11) is -3.71. The van der Waals surface area contributed by atoms with E-state index in [4.69, 9.17) is 5.73 Å². The largest absolute Gasteiger partial charge is 0.399 e. The highest BCUT2D eigenvalue weighted by atomic mass is 32.2. The van der Waals surface area contributed by atoms with E-state index in [1.54, 1.807) is 6.92 Å². The van der Waals surface area contributed by atoms with Crippen molar-refractivity contribution < 1.29 is 12.8 Å². The molecule has 0 unspecified atom stereocenters. The minimum Gasteiger partial charge on any atom is -0.399 e. The fraction of sp³-hybridized carbons (Fsp3) is 0.538. The van der Waals surface area contributed by atoms with E-state index in [2.05, 4.69) is 0 Å². The number of nitrogen functional groups attached to an aromatic ring is 1. The average molecular weight is 288 g/mol. The van der Waals surface area contributed by atoms with Gasteiger partial charge in [-0.05, 0) is 25.0 Å². The summed E-state index contributed by atoms with van der Waals surface area (Å²) in [5.41, 5.74) is 5.77. The van der Waals surface area contributed by atoms with Crippen molar-refractivity contribution in [3.63, 3.8) is 0 Å². The highest BCUT2D eigenvalue weighted by Crippen LogP contribution is 2.25. The zero-order chi connectivity index (χ0) is 14.8. The lowest BCUT2D eigenvalue weighted by molar-refractivity contribution is 0.380. The summed E-state index contributed by atoms with van der Waals surface area (Å²) >= 11 is 0. The van der Waals surface area contributed by atoms with E-state index in [1.165, 1.54) is 17.3 Å². The van der Waals surface area contributed by atoms with Crippen molar-refractivity contribution in [1.82, 2.24) is 4.31 Å². The third-order valence-corrected chi connectivity index (χ3v) is 4.93. The van der Waals surface area contributed by atoms with E-state index in [-0.39, 0.29) is 22.1 Å². The van der Waals surface area contributed by atoms with Crippen molar-refractivity contribution in [3.8, 4) is 0 Å². The second kappa shape index (κ2) is 5.88. The minimum atomic E-state index is -3.71. The standard InChI is InChI=1S/C13H21FN2O2S/c1-5-16(8-9(2)3)19(17,18)13-7-11(15)6-12(14)10(13)4/h6-7,9H,5,8,15H2,1-4H3. The number of hydrogen-bond acceptors (Lipinski definition) is 3. The first-order chi connectivity index (χ1) is 8.70. The molecule has 4 nitrogen and oxygen atoms in total. The van der Waals surface area contributed by atoms with Gasteiger partial charge in [-0.1, -0.05) is 20.8 Å². The Bertz CT molecular complexity index is 556. The van der Waals surface area contributed by atoms with Gasteiger partial charge in [-0.2, -0.15) is 4.31 Å². The first-order valence-electron chi connectivity index (χ1n) is 6.25. The Morgan fingerprint density at radius 2 is 1.95 bits per heavy atom. The van der Waals surface area contributed by atoms with Crippen molar-refractivity contribution in [2.24, 2.45) is 5.92 Å². The summed E-state index contributed by atoms with van der Waals surface area (Å²) in [6.07, 6.45) is 0. The molecule has 108 valence electrons. The van der Waals surface area contributed by atoms with E-state index in [9.17, 15) is 12.8 Å². The van der Waals surface area contributed by atoms with Crippen LogP contribution in [0.15, 0.2) is 17.0 Å². The van der Waals surface area contributed by atoms with Crippen LogP contribution in [0.25, 0.3) is 0 Å². The number of hydrogen-bond donors (Lipinski definition) is 1. The molecular formula is C13H21FN2O2S. The SMILES string of the molecule is CCN(CC(C)C)S(=O)(=O)c1cc(N)cc(F)c1C. The van der Waals surface area contributed by atoms with Crippen LogP contribution in [-0.2, 0) is 10.0 Å². The number of nitrogens with two attached hydrogens (primary N) is 1. The number of rotatable bonds is 5. The van der Waals surface area contributed by atoms with Gasteiger partial charge in [0.1, 0.15) is 5.82 Å². The molecule has 0 spiro atoms. The summed E-state index contributed by atoms with van der Waals surface area (Å²) < 4.78 is 40.0. The van der Waals surface area contributed by atoms with Gasteiger partial charge >= 0.3 is 0 Å². The Morgan fingerprint density at radius 3 is 2.42 bits per heavy atom. The molecule has 0 aliphatic rings. The molecular weight excluding hydrogens is 267 g/mol. The Morgan fingerprint density at radius 1 is 1.37 bits per heavy atom. The summed E-state index contributed by atoms with van der Waals surface area (Å²) in [5, 5.41) is 0. The molecule has 0 aromatic heterocycles. The summed E-state index contributed by atoms with van der Waals surface area (Å²) in [5.74, 6) is -0.403. The van der Waals surface area contributed by atoms with Gasteiger partial charge in [0.2, 0.25) is 10.0 Å². The molecule has 0 atom stereocenters. The molecule has 0 aliphatic carbocycles. The molecule has 1 aromatic carbocycles. The fourth-order valence-electron chi connectivity index (χ4n) is 1.89. The molecule has 0 saturated carbocycles. The summed E-state index contributed by atoms with van der Waals surface area (Å²) in [6, 6.07) is 2.45. The van der Waals surface area contributed by atoms with Crippen LogP contribution >= 0.6 is 0 Å². The van der Waals surface area contributed by atoms with Crippen molar-refractivity contribution in [2.45, 2.75) is 32.6 Å². The predicted octanol–water partition coefficient (Wildman–Crippen LogP) is 2.38. The third kappa shape index (κ3) is 3.45. The van der Waals surface area contributed by atoms with Crippen LogP contribution in [0.1, 0.15) is 26.3 Å². The van der Waals surface area contributed by atoms with Crippen LogP contribution in [0.3, 0.4) is 0 Å². The van der Waals surface area contributed by atoms with Gasteiger partial charge in [-0.25, -0.2) is 12.8 Å². The fourth-order valence-corrected chi connectivity index (χ4v) is 3.77. The molecule has 0 saturated heterocycles.